The number of fused-ring (bicyclic) bond motifs is 2. The molecular weight excluding hydrogens is 444 g/mol. The van der Waals surface area contributed by atoms with Gasteiger partial charge in [0.15, 0.2) is 17.3 Å². The average Bonchev–Trinajstić information content (AvgIpc) is 3.37. The number of benzene rings is 1. The zero-order chi connectivity index (χ0) is 23.6. The Morgan fingerprint density at radius 3 is 2.40 bits per heavy atom. The Kier molecular flexibility index (Phi) is 6.41. The first-order chi connectivity index (χ1) is 17.2. The average molecular weight is 479 g/mol. The van der Waals surface area contributed by atoms with Gasteiger partial charge >= 0.3 is 0 Å². The number of nitrogens with zero attached hydrogens (tertiary/aromatic N) is 5. The first-order valence-corrected chi connectivity index (χ1v) is 13.2. The number of rotatable bonds is 6. The van der Waals surface area contributed by atoms with Crippen LogP contribution in [0.15, 0.2) is 23.0 Å². The highest BCUT2D eigenvalue weighted by atomic mass is 16.6. The summed E-state index contributed by atoms with van der Waals surface area (Å²) in [6.07, 6.45) is 12.1. The molecule has 0 unspecified atom stereocenters. The highest BCUT2D eigenvalue weighted by molar-refractivity contribution is 5.83. The van der Waals surface area contributed by atoms with Crippen LogP contribution in [0.2, 0.25) is 0 Å². The summed E-state index contributed by atoms with van der Waals surface area (Å²) in [6.45, 7) is 2.30. The molecule has 1 N–H and O–H groups in total. The fourth-order valence-electron chi connectivity index (χ4n) is 5.99. The van der Waals surface area contributed by atoms with Gasteiger partial charge in [-0.3, -0.25) is 9.69 Å². The zero-order valence-electron chi connectivity index (χ0n) is 20.2. The van der Waals surface area contributed by atoms with E-state index in [-0.39, 0.29) is 5.56 Å². The number of tetrazole rings is 1. The van der Waals surface area contributed by atoms with Crippen LogP contribution in [0.5, 0.6) is 11.5 Å². The predicted molar refractivity (Wildman–Crippen MR) is 132 cm³/mol. The Balaban J connectivity index is 1.30. The Morgan fingerprint density at radius 2 is 1.63 bits per heavy atom. The van der Waals surface area contributed by atoms with E-state index >= 15 is 0 Å². The molecule has 2 fully saturated rings. The molecule has 2 aromatic heterocycles. The summed E-state index contributed by atoms with van der Waals surface area (Å²) in [5.74, 6) is 2.34. The molecule has 1 aliphatic heterocycles. The van der Waals surface area contributed by atoms with Gasteiger partial charge in [-0.15, -0.1) is 5.10 Å². The van der Waals surface area contributed by atoms with Crippen molar-refractivity contribution in [3.8, 4) is 11.5 Å². The summed E-state index contributed by atoms with van der Waals surface area (Å²) >= 11 is 0. The lowest BCUT2D eigenvalue weighted by Gasteiger charge is -2.34. The molecule has 0 saturated heterocycles. The minimum Gasteiger partial charge on any atom is -0.486 e. The molecule has 0 bridgehead atoms. The maximum atomic E-state index is 13.1. The van der Waals surface area contributed by atoms with E-state index in [0.717, 1.165) is 53.7 Å². The summed E-state index contributed by atoms with van der Waals surface area (Å²) < 4.78 is 13.5. The molecule has 9 nitrogen and oxygen atoms in total. The Labute approximate surface area is 204 Å². The second kappa shape index (κ2) is 9.97. The Morgan fingerprint density at radius 1 is 0.914 bits per heavy atom. The summed E-state index contributed by atoms with van der Waals surface area (Å²) in [5.41, 5.74) is 1.48. The van der Waals surface area contributed by atoms with Gasteiger partial charge in [-0.25, -0.2) is 4.68 Å². The molecule has 0 radical (unpaired) electrons. The maximum absolute atomic E-state index is 13.1. The van der Waals surface area contributed by atoms with Crippen molar-refractivity contribution in [2.24, 2.45) is 0 Å². The second-order valence-corrected chi connectivity index (χ2v) is 10.2. The summed E-state index contributed by atoms with van der Waals surface area (Å²) in [6, 6.07) is 6.66. The van der Waals surface area contributed by atoms with Gasteiger partial charge in [0.1, 0.15) is 13.2 Å². The molecule has 0 amide bonds. The van der Waals surface area contributed by atoms with Crippen LogP contribution in [0.25, 0.3) is 10.9 Å². The van der Waals surface area contributed by atoms with Crippen molar-refractivity contribution >= 4 is 10.9 Å². The molecule has 9 heteroatoms. The van der Waals surface area contributed by atoms with Crippen molar-refractivity contribution < 1.29 is 9.47 Å². The van der Waals surface area contributed by atoms with Crippen LogP contribution in [0.4, 0.5) is 0 Å². The van der Waals surface area contributed by atoms with Gasteiger partial charge in [0.2, 0.25) is 0 Å². The number of H-pyrrole nitrogens is 1. The number of aromatic nitrogens is 5. The summed E-state index contributed by atoms with van der Waals surface area (Å²) in [7, 11) is 0. The number of hydrogen-bond donors (Lipinski definition) is 1. The largest absolute Gasteiger partial charge is 0.486 e. The lowest BCUT2D eigenvalue weighted by Crippen LogP contribution is -2.38. The van der Waals surface area contributed by atoms with Crippen molar-refractivity contribution in [3.05, 3.63) is 39.9 Å². The minimum atomic E-state index is -0.0538. The van der Waals surface area contributed by atoms with Crippen LogP contribution in [0.1, 0.15) is 81.6 Å². The molecule has 2 aliphatic carbocycles. The third-order valence-electron chi connectivity index (χ3n) is 7.87. The van der Waals surface area contributed by atoms with E-state index in [1.807, 2.05) is 18.2 Å². The molecule has 3 aliphatic rings. The number of aromatic amines is 1. The molecule has 6 rings (SSSR count). The molecule has 186 valence electrons. The van der Waals surface area contributed by atoms with Crippen LogP contribution < -0.4 is 15.0 Å². The van der Waals surface area contributed by atoms with Gasteiger partial charge in [-0.05, 0) is 48.2 Å². The van der Waals surface area contributed by atoms with Crippen molar-refractivity contribution in [2.45, 2.75) is 89.4 Å². The predicted octanol–water partition coefficient (Wildman–Crippen LogP) is 4.13. The molecule has 0 spiro atoms. The molecule has 3 aromatic rings. The van der Waals surface area contributed by atoms with Crippen molar-refractivity contribution in [1.29, 1.82) is 0 Å². The van der Waals surface area contributed by atoms with Gasteiger partial charge in [0.25, 0.3) is 5.56 Å². The van der Waals surface area contributed by atoms with Gasteiger partial charge in [0, 0.05) is 29.6 Å². The number of ether oxygens (including phenoxy) is 2. The third kappa shape index (κ3) is 4.78. The van der Waals surface area contributed by atoms with E-state index in [9.17, 15) is 4.79 Å². The highest BCUT2D eigenvalue weighted by Crippen LogP contribution is 2.34. The Bertz CT molecular complexity index is 1230. The molecule has 3 heterocycles. The second-order valence-electron chi connectivity index (χ2n) is 10.2. The van der Waals surface area contributed by atoms with Crippen molar-refractivity contribution in [3.63, 3.8) is 0 Å². The smallest absolute Gasteiger partial charge is 0.252 e. The van der Waals surface area contributed by atoms with Gasteiger partial charge in [-0.1, -0.05) is 38.5 Å². The van der Waals surface area contributed by atoms with Crippen molar-refractivity contribution in [2.75, 3.05) is 13.2 Å². The van der Waals surface area contributed by atoms with Crippen LogP contribution >= 0.6 is 0 Å². The lowest BCUT2D eigenvalue weighted by molar-refractivity contribution is 0.131. The van der Waals surface area contributed by atoms with Crippen LogP contribution in [-0.4, -0.2) is 49.3 Å². The number of nitrogens with one attached hydrogen (secondary N) is 1. The van der Waals surface area contributed by atoms with Crippen LogP contribution in [-0.2, 0) is 13.1 Å². The third-order valence-corrected chi connectivity index (χ3v) is 7.87. The fourth-order valence-corrected chi connectivity index (χ4v) is 5.99. The SMILES string of the molecule is O=c1[nH]c2cc3c(cc2cc1CN(Cc1nnnn1C1CCCCC1)C1CCCCC1)OCCO3. The summed E-state index contributed by atoms with van der Waals surface area (Å²) in [4.78, 5) is 18.6. The van der Waals surface area contributed by atoms with E-state index in [1.54, 1.807) is 0 Å². The molecular formula is C26H34N6O3. The van der Waals surface area contributed by atoms with Gasteiger partial charge < -0.3 is 14.5 Å². The normalized spacial score (nSPS) is 19.5. The molecule has 2 saturated carbocycles. The van der Waals surface area contributed by atoms with Crippen molar-refractivity contribution in [1.82, 2.24) is 30.1 Å². The van der Waals surface area contributed by atoms with Crippen LogP contribution in [0.3, 0.4) is 0 Å². The Hall–Kier alpha value is -2.94. The fraction of sp³-hybridized carbons (Fsp3) is 0.615. The van der Waals surface area contributed by atoms with E-state index in [0.29, 0.717) is 44.1 Å². The van der Waals surface area contributed by atoms with Gasteiger partial charge in [0.05, 0.1) is 18.1 Å². The maximum Gasteiger partial charge on any atom is 0.252 e. The highest BCUT2D eigenvalue weighted by Gasteiger charge is 2.27. The number of hydrogen-bond acceptors (Lipinski definition) is 7. The number of pyridine rings is 1. The van der Waals surface area contributed by atoms with E-state index in [1.165, 1.54) is 38.5 Å². The lowest BCUT2D eigenvalue weighted by atomic mass is 9.93. The minimum absolute atomic E-state index is 0.0538. The van der Waals surface area contributed by atoms with E-state index in [2.05, 4.69) is 30.1 Å². The topological polar surface area (TPSA) is 98.2 Å². The standard InChI is InChI=1S/C26H34N6O3/c33-26-19(13-18-14-23-24(15-22(18)27-26)35-12-11-34-23)16-31(20-7-3-1-4-8-20)17-25-28-29-30-32(25)21-9-5-2-6-10-21/h13-15,20-21H,1-12,16-17H2,(H,27,33). The first kappa shape index (κ1) is 22.5. The van der Waals surface area contributed by atoms with E-state index in [4.69, 9.17) is 9.47 Å². The van der Waals surface area contributed by atoms with Gasteiger partial charge in [-0.2, -0.15) is 0 Å². The zero-order valence-corrected chi connectivity index (χ0v) is 20.2. The molecule has 35 heavy (non-hydrogen) atoms. The van der Waals surface area contributed by atoms with Crippen LogP contribution in [0, 0.1) is 0 Å². The molecule has 1 aromatic carbocycles. The monoisotopic (exact) mass is 478 g/mol. The first-order valence-electron chi connectivity index (χ1n) is 13.2. The molecule has 0 atom stereocenters. The summed E-state index contributed by atoms with van der Waals surface area (Å²) in [5, 5.41) is 13.8. The van der Waals surface area contributed by atoms with E-state index < -0.39 is 0 Å². The quantitative estimate of drug-likeness (QED) is 0.569.